The summed E-state index contributed by atoms with van der Waals surface area (Å²) in [7, 11) is 0. The second-order valence-corrected chi connectivity index (χ2v) is 6.48. The Morgan fingerprint density at radius 2 is 1.52 bits per heavy atom. The number of amides is 3. The summed E-state index contributed by atoms with van der Waals surface area (Å²) in [6.45, 7) is 3.40. The summed E-state index contributed by atoms with van der Waals surface area (Å²) >= 11 is 0. The maximum atomic E-state index is 12.9. The summed E-state index contributed by atoms with van der Waals surface area (Å²) in [5, 5.41) is 13.6. The molecule has 0 aliphatic carbocycles. The molecule has 0 radical (unpaired) electrons. The third-order valence-corrected chi connectivity index (χ3v) is 4.36. The second kappa shape index (κ2) is 6.99. The van der Waals surface area contributed by atoms with Gasteiger partial charge in [-0.1, -0.05) is 38.1 Å². The van der Waals surface area contributed by atoms with Crippen LogP contribution < -0.4 is 5.32 Å². The quantitative estimate of drug-likeness (QED) is 0.496. The molecular weight excluding hydrogens is 350 g/mol. The van der Waals surface area contributed by atoms with Crippen molar-refractivity contribution in [2.45, 2.75) is 19.9 Å². The molecule has 3 amide bonds. The number of hydrogen-bond donors (Lipinski definition) is 1. The number of para-hydroxylation sites is 2. The number of nitro groups is 1. The topological polar surface area (TPSA) is 110 Å². The lowest BCUT2D eigenvalue weighted by atomic mass is 10.0. The zero-order chi connectivity index (χ0) is 19.7. The fourth-order valence-corrected chi connectivity index (χ4v) is 3.12. The number of benzene rings is 2. The number of carbonyl (C=O) groups is 3. The first-order valence-corrected chi connectivity index (χ1v) is 8.34. The molecule has 8 heteroatoms. The molecule has 1 aliphatic heterocycles. The average Bonchev–Trinajstić information content (AvgIpc) is 2.87. The van der Waals surface area contributed by atoms with E-state index in [0.717, 1.165) is 4.90 Å². The largest absolute Gasteiger partial charge is 0.319 e. The molecule has 1 N–H and O–H groups in total. The molecule has 138 valence electrons. The smallest absolute Gasteiger partial charge is 0.292 e. The molecule has 2 aromatic carbocycles. The first-order valence-electron chi connectivity index (χ1n) is 8.34. The van der Waals surface area contributed by atoms with Crippen molar-refractivity contribution in [2.75, 3.05) is 5.32 Å². The number of nitrogens with zero attached hydrogens (tertiary/aromatic N) is 2. The van der Waals surface area contributed by atoms with Crippen LogP contribution in [0.5, 0.6) is 0 Å². The van der Waals surface area contributed by atoms with Crippen molar-refractivity contribution < 1.29 is 19.3 Å². The third kappa shape index (κ3) is 3.17. The minimum atomic E-state index is -1.10. The van der Waals surface area contributed by atoms with E-state index >= 15 is 0 Å². The van der Waals surface area contributed by atoms with Crippen molar-refractivity contribution in [2.24, 2.45) is 5.92 Å². The highest BCUT2D eigenvalue weighted by atomic mass is 16.6. The molecule has 0 bridgehead atoms. The number of nitrogens with one attached hydrogen (secondary N) is 1. The normalized spacial score (nSPS) is 14.3. The van der Waals surface area contributed by atoms with E-state index in [4.69, 9.17) is 0 Å². The standard InChI is InChI=1S/C19H17N3O5/c1-11(2)16(17(23)20-14-9-5-6-10-15(14)22(26)27)21-18(24)12-7-3-4-8-13(12)19(21)25/h3-11,16H,1-2H3,(H,20,23). The predicted molar refractivity (Wildman–Crippen MR) is 97.3 cm³/mol. The van der Waals surface area contributed by atoms with Crippen LogP contribution in [0.4, 0.5) is 11.4 Å². The van der Waals surface area contributed by atoms with Gasteiger partial charge in [0.1, 0.15) is 11.7 Å². The van der Waals surface area contributed by atoms with Crippen LogP contribution in [0.25, 0.3) is 0 Å². The van der Waals surface area contributed by atoms with Gasteiger partial charge in [0.15, 0.2) is 0 Å². The minimum Gasteiger partial charge on any atom is -0.319 e. The summed E-state index contributed by atoms with van der Waals surface area (Å²) in [5.74, 6) is -2.15. The molecule has 0 saturated carbocycles. The van der Waals surface area contributed by atoms with Crippen LogP contribution in [0.15, 0.2) is 48.5 Å². The number of carbonyl (C=O) groups excluding carboxylic acids is 3. The fraction of sp³-hybridized carbons (Fsp3) is 0.211. The van der Waals surface area contributed by atoms with Gasteiger partial charge in [-0.2, -0.15) is 0 Å². The number of nitro benzene ring substituents is 1. The molecule has 1 aliphatic rings. The molecule has 0 saturated heterocycles. The van der Waals surface area contributed by atoms with E-state index in [-0.39, 0.29) is 22.5 Å². The Labute approximate surface area is 154 Å². The Kier molecular flexibility index (Phi) is 4.72. The van der Waals surface area contributed by atoms with E-state index in [2.05, 4.69) is 5.32 Å². The van der Waals surface area contributed by atoms with Gasteiger partial charge in [-0.3, -0.25) is 29.4 Å². The molecule has 8 nitrogen and oxygen atoms in total. The summed E-state index contributed by atoms with van der Waals surface area (Å²) in [5.41, 5.74) is 0.226. The molecular formula is C19H17N3O5. The third-order valence-electron chi connectivity index (χ3n) is 4.36. The Bertz CT molecular complexity index is 919. The highest BCUT2D eigenvalue weighted by Gasteiger charge is 2.44. The lowest BCUT2D eigenvalue weighted by Gasteiger charge is -2.28. The number of hydrogen-bond acceptors (Lipinski definition) is 5. The maximum absolute atomic E-state index is 12.9. The van der Waals surface area contributed by atoms with E-state index < -0.39 is 34.6 Å². The van der Waals surface area contributed by atoms with E-state index in [1.54, 1.807) is 32.0 Å². The first kappa shape index (κ1) is 18.2. The van der Waals surface area contributed by atoms with Gasteiger partial charge >= 0.3 is 0 Å². The first-order chi connectivity index (χ1) is 12.8. The summed E-state index contributed by atoms with van der Waals surface area (Å²) in [4.78, 5) is 49.8. The van der Waals surface area contributed by atoms with E-state index in [0.29, 0.717) is 0 Å². The molecule has 0 spiro atoms. The Morgan fingerprint density at radius 1 is 1.00 bits per heavy atom. The highest BCUT2D eigenvalue weighted by molar-refractivity contribution is 6.23. The number of anilines is 1. The van der Waals surface area contributed by atoms with Gasteiger partial charge in [0.05, 0.1) is 16.1 Å². The van der Waals surface area contributed by atoms with Gasteiger partial charge in [-0.25, -0.2) is 0 Å². The summed E-state index contributed by atoms with van der Waals surface area (Å²) in [6.07, 6.45) is 0. The van der Waals surface area contributed by atoms with Crippen LogP contribution in [-0.2, 0) is 4.79 Å². The summed E-state index contributed by atoms with van der Waals surface area (Å²) < 4.78 is 0. The summed E-state index contributed by atoms with van der Waals surface area (Å²) in [6, 6.07) is 11.0. The van der Waals surface area contributed by atoms with Gasteiger partial charge in [-0.15, -0.1) is 0 Å². The van der Waals surface area contributed by atoms with Crippen LogP contribution in [0.2, 0.25) is 0 Å². The van der Waals surface area contributed by atoms with Gasteiger partial charge in [-0.05, 0) is 24.1 Å². The van der Waals surface area contributed by atoms with Crippen molar-refractivity contribution in [1.82, 2.24) is 4.90 Å². The predicted octanol–water partition coefficient (Wildman–Crippen LogP) is 2.85. The molecule has 0 fully saturated rings. The lowest BCUT2D eigenvalue weighted by molar-refractivity contribution is -0.383. The average molecular weight is 367 g/mol. The van der Waals surface area contributed by atoms with E-state index in [1.807, 2.05) is 0 Å². The van der Waals surface area contributed by atoms with Gasteiger partial charge in [0, 0.05) is 6.07 Å². The molecule has 27 heavy (non-hydrogen) atoms. The van der Waals surface area contributed by atoms with E-state index in [1.165, 1.54) is 30.3 Å². The van der Waals surface area contributed by atoms with Crippen LogP contribution in [0, 0.1) is 16.0 Å². The van der Waals surface area contributed by atoms with Crippen LogP contribution in [-0.4, -0.2) is 33.6 Å². The molecule has 3 rings (SSSR count). The van der Waals surface area contributed by atoms with Crippen molar-refractivity contribution in [1.29, 1.82) is 0 Å². The zero-order valence-corrected chi connectivity index (χ0v) is 14.7. The van der Waals surface area contributed by atoms with Gasteiger partial charge in [0.25, 0.3) is 17.5 Å². The van der Waals surface area contributed by atoms with Gasteiger partial charge in [0.2, 0.25) is 5.91 Å². The highest BCUT2D eigenvalue weighted by Crippen LogP contribution is 2.29. The lowest BCUT2D eigenvalue weighted by Crippen LogP contribution is -2.50. The van der Waals surface area contributed by atoms with Crippen LogP contribution in [0.3, 0.4) is 0 Å². The molecule has 1 atom stereocenters. The molecule has 2 aromatic rings. The number of fused-ring (bicyclic) bond motifs is 1. The fourth-order valence-electron chi connectivity index (χ4n) is 3.12. The van der Waals surface area contributed by atoms with Crippen LogP contribution in [0.1, 0.15) is 34.6 Å². The van der Waals surface area contributed by atoms with E-state index in [9.17, 15) is 24.5 Å². The maximum Gasteiger partial charge on any atom is 0.292 e. The van der Waals surface area contributed by atoms with Crippen molar-refractivity contribution in [3.8, 4) is 0 Å². The molecule has 1 unspecified atom stereocenters. The SMILES string of the molecule is CC(C)C(C(=O)Nc1ccccc1[N+](=O)[O-])N1C(=O)c2ccccc2C1=O. The van der Waals surface area contributed by atoms with Crippen molar-refractivity contribution >= 4 is 29.1 Å². The monoisotopic (exact) mass is 367 g/mol. The number of rotatable bonds is 5. The van der Waals surface area contributed by atoms with Crippen LogP contribution >= 0.6 is 0 Å². The Morgan fingerprint density at radius 3 is 2.04 bits per heavy atom. The Hall–Kier alpha value is -3.55. The molecule has 0 aromatic heterocycles. The molecule has 1 heterocycles. The minimum absolute atomic E-state index is 0.00904. The number of imide groups is 1. The zero-order valence-electron chi connectivity index (χ0n) is 14.7. The van der Waals surface area contributed by atoms with Gasteiger partial charge < -0.3 is 5.32 Å². The van der Waals surface area contributed by atoms with Crippen molar-refractivity contribution in [3.05, 3.63) is 69.8 Å². The van der Waals surface area contributed by atoms with Crippen molar-refractivity contribution in [3.63, 3.8) is 0 Å². The second-order valence-electron chi connectivity index (χ2n) is 6.48. The Balaban J connectivity index is 1.94.